The van der Waals surface area contributed by atoms with E-state index < -0.39 is 0 Å². The van der Waals surface area contributed by atoms with Gasteiger partial charge in [-0.2, -0.15) is 5.10 Å². The number of aromatic nitrogens is 3. The lowest BCUT2D eigenvalue weighted by atomic mass is 10.1. The summed E-state index contributed by atoms with van der Waals surface area (Å²) in [6.07, 6.45) is 3.66. The number of rotatable bonds is 5. The molecule has 4 rings (SSSR count). The number of carbonyl (C=O) groups excluding carboxylic acids is 2. The average Bonchev–Trinajstić information content (AvgIpc) is 3.22. The average molecular weight is 384 g/mol. The van der Waals surface area contributed by atoms with Crippen molar-refractivity contribution in [3.8, 4) is 11.3 Å². The fourth-order valence-electron chi connectivity index (χ4n) is 3.27. The number of anilines is 1. The molecule has 4 aromatic rings. The predicted octanol–water partition coefficient (Wildman–Crippen LogP) is 4.00. The van der Waals surface area contributed by atoms with Gasteiger partial charge < -0.3 is 4.90 Å². The maximum absolute atomic E-state index is 12.9. The molecule has 0 atom stereocenters. The van der Waals surface area contributed by atoms with E-state index in [9.17, 15) is 9.59 Å². The minimum absolute atomic E-state index is 0.0388. The minimum Gasteiger partial charge on any atom is -0.315 e. The molecule has 0 aliphatic heterocycles. The number of fused-ring (bicyclic) bond motifs is 1. The highest BCUT2D eigenvalue weighted by atomic mass is 16.2. The normalized spacial score (nSPS) is 10.8. The van der Waals surface area contributed by atoms with Crippen molar-refractivity contribution in [3.63, 3.8) is 0 Å². The molecule has 0 spiro atoms. The molecule has 0 fully saturated rings. The van der Waals surface area contributed by atoms with Crippen LogP contribution in [0.5, 0.6) is 0 Å². The number of hydrogen-bond acceptors (Lipinski definition) is 4. The van der Waals surface area contributed by atoms with Crippen molar-refractivity contribution in [1.82, 2.24) is 14.6 Å². The third-order valence-corrected chi connectivity index (χ3v) is 4.89. The molecular formula is C23H20N4O2. The Morgan fingerprint density at radius 1 is 1.03 bits per heavy atom. The van der Waals surface area contributed by atoms with Gasteiger partial charge in [0.25, 0.3) is 0 Å². The Labute approximate surface area is 168 Å². The van der Waals surface area contributed by atoms with E-state index in [0.29, 0.717) is 23.2 Å². The molecule has 0 saturated heterocycles. The van der Waals surface area contributed by atoms with Crippen molar-refractivity contribution in [2.24, 2.45) is 0 Å². The molecule has 2 heterocycles. The summed E-state index contributed by atoms with van der Waals surface area (Å²) < 4.78 is 1.66. The van der Waals surface area contributed by atoms with Crippen molar-refractivity contribution in [2.45, 2.75) is 13.3 Å². The molecule has 0 aliphatic carbocycles. The standard InChI is InChI=1S/C23H20N4O2/c1-3-21(28)26(2)18-11-7-10-17(14-18)20-12-13-24-23-19(15-25-27(20)23)22(29)16-8-5-4-6-9-16/h4-15H,3H2,1-2H3. The third-order valence-electron chi connectivity index (χ3n) is 4.89. The lowest BCUT2D eigenvalue weighted by Crippen LogP contribution is -2.24. The maximum atomic E-state index is 12.9. The summed E-state index contributed by atoms with van der Waals surface area (Å²) >= 11 is 0. The molecule has 6 nitrogen and oxygen atoms in total. The Kier molecular flexibility index (Phi) is 4.91. The molecule has 0 N–H and O–H groups in total. The molecule has 144 valence electrons. The molecule has 0 radical (unpaired) electrons. The van der Waals surface area contributed by atoms with Gasteiger partial charge in [-0.25, -0.2) is 9.50 Å². The quantitative estimate of drug-likeness (QED) is 0.488. The first-order valence-corrected chi connectivity index (χ1v) is 9.39. The Morgan fingerprint density at radius 2 is 1.83 bits per heavy atom. The van der Waals surface area contributed by atoms with Crippen molar-refractivity contribution in [3.05, 3.63) is 84.2 Å². The van der Waals surface area contributed by atoms with Crippen LogP contribution in [0.1, 0.15) is 29.3 Å². The van der Waals surface area contributed by atoms with Gasteiger partial charge in [0.05, 0.1) is 17.5 Å². The monoisotopic (exact) mass is 384 g/mol. The Morgan fingerprint density at radius 3 is 2.59 bits per heavy atom. The number of amides is 1. The molecule has 0 aliphatic rings. The zero-order valence-electron chi connectivity index (χ0n) is 16.2. The number of carbonyl (C=O) groups is 2. The molecule has 0 bridgehead atoms. The van der Waals surface area contributed by atoms with Crippen LogP contribution in [-0.2, 0) is 4.79 Å². The van der Waals surface area contributed by atoms with Gasteiger partial charge in [-0.3, -0.25) is 9.59 Å². The lowest BCUT2D eigenvalue weighted by molar-refractivity contribution is -0.118. The smallest absolute Gasteiger partial charge is 0.226 e. The van der Waals surface area contributed by atoms with Gasteiger partial charge in [-0.15, -0.1) is 0 Å². The van der Waals surface area contributed by atoms with Crippen LogP contribution < -0.4 is 4.90 Å². The van der Waals surface area contributed by atoms with E-state index >= 15 is 0 Å². The second-order valence-electron chi connectivity index (χ2n) is 6.68. The van der Waals surface area contributed by atoms with E-state index in [4.69, 9.17) is 0 Å². The second-order valence-corrected chi connectivity index (χ2v) is 6.68. The minimum atomic E-state index is -0.118. The fraction of sp³-hybridized carbons (Fsp3) is 0.130. The molecule has 6 heteroatoms. The summed E-state index contributed by atoms with van der Waals surface area (Å²) in [7, 11) is 1.76. The van der Waals surface area contributed by atoms with Crippen LogP contribution in [0.3, 0.4) is 0 Å². The van der Waals surface area contributed by atoms with Crippen molar-refractivity contribution in [2.75, 3.05) is 11.9 Å². The topological polar surface area (TPSA) is 67.6 Å². The fourth-order valence-corrected chi connectivity index (χ4v) is 3.27. The molecule has 2 aromatic heterocycles. The van der Waals surface area contributed by atoms with Crippen LogP contribution in [0.4, 0.5) is 5.69 Å². The molecule has 1 amide bonds. The van der Waals surface area contributed by atoms with Gasteiger partial charge in [0.15, 0.2) is 11.4 Å². The van der Waals surface area contributed by atoms with E-state index in [2.05, 4.69) is 10.1 Å². The maximum Gasteiger partial charge on any atom is 0.226 e. The first-order chi connectivity index (χ1) is 14.1. The van der Waals surface area contributed by atoms with E-state index in [1.807, 2.05) is 55.5 Å². The van der Waals surface area contributed by atoms with Crippen LogP contribution in [0.15, 0.2) is 73.1 Å². The third kappa shape index (κ3) is 3.40. The molecule has 0 unspecified atom stereocenters. The van der Waals surface area contributed by atoms with E-state index in [0.717, 1.165) is 16.9 Å². The van der Waals surface area contributed by atoms with E-state index in [1.54, 1.807) is 41.0 Å². The number of ketones is 1. The number of benzene rings is 2. The van der Waals surface area contributed by atoms with Gasteiger partial charge in [0.1, 0.15) is 0 Å². The molecule has 0 saturated carbocycles. The van der Waals surface area contributed by atoms with Crippen LogP contribution in [0.2, 0.25) is 0 Å². The Bertz CT molecular complexity index is 1200. The van der Waals surface area contributed by atoms with Gasteiger partial charge >= 0.3 is 0 Å². The van der Waals surface area contributed by atoms with Crippen LogP contribution in [0.25, 0.3) is 16.9 Å². The molecular weight excluding hydrogens is 364 g/mol. The van der Waals surface area contributed by atoms with Gasteiger partial charge in [-0.1, -0.05) is 49.4 Å². The lowest BCUT2D eigenvalue weighted by Gasteiger charge is -2.17. The Hall–Kier alpha value is -3.80. The summed E-state index contributed by atoms with van der Waals surface area (Å²) in [5, 5.41) is 4.42. The van der Waals surface area contributed by atoms with Gasteiger partial charge in [0.2, 0.25) is 5.91 Å². The Balaban J connectivity index is 1.78. The number of hydrogen-bond donors (Lipinski definition) is 0. The summed E-state index contributed by atoms with van der Waals surface area (Å²) in [4.78, 5) is 31.0. The van der Waals surface area contributed by atoms with Crippen molar-refractivity contribution >= 4 is 23.0 Å². The first-order valence-electron chi connectivity index (χ1n) is 9.39. The van der Waals surface area contributed by atoms with Crippen LogP contribution in [0, 0.1) is 0 Å². The van der Waals surface area contributed by atoms with Crippen molar-refractivity contribution < 1.29 is 9.59 Å². The van der Waals surface area contributed by atoms with Crippen LogP contribution >= 0.6 is 0 Å². The summed E-state index contributed by atoms with van der Waals surface area (Å²) in [5.74, 6) is -0.0795. The van der Waals surface area contributed by atoms with Gasteiger partial charge in [0, 0.05) is 36.5 Å². The zero-order valence-corrected chi connectivity index (χ0v) is 16.2. The second kappa shape index (κ2) is 7.67. The first kappa shape index (κ1) is 18.6. The molecule has 29 heavy (non-hydrogen) atoms. The van der Waals surface area contributed by atoms with Crippen LogP contribution in [-0.4, -0.2) is 33.3 Å². The summed E-state index contributed by atoms with van der Waals surface area (Å²) in [6, 6.07) is 18.6. The highest BCUT2D eigenvalue weighted by Gasteiger charge is 2.18. The summed E-state index contributed by atoms with van der Waals surface area (Å²) in [5.41, 5.74) is 4.02. The zero-order chi connectivity index (χ0) is 20.4. The largest absolute Gasteiger partial charge is 0.315 e. The SMILES string of the molecule is CCC(=O)N(C)c1cccc(-c2ccnc3c(C(=O)c4ccccc4)cnn23)c1. The highest BCUT2D eigenvalue weighted by Crippen LogP contribution is 2.26. The number of nitrogens with zero attached hydrogens (tertiary/aromatic N) is 4. The highest BCUT2D eigenvalue weighted by molar-refractivity contribution is 6.12. The van der Waals surface area contributed by atoms with E-state index in [-0.39, 0.29) is 11.7 Å². The van der Waals surface area contributed by atoms with Gasteiger partial charge in [-0.05, 0) is 18.2 Å². The molecule has 2 aromatic carbocycles. The summed E-state index contributed by atoms with van der Waals surface area (Å²) in [6.45, 7) is 1.84. The van der Waals surface area contributed by atoms with Crippen molar-refractivity contribution in [1.29, 1.82) is 0 Å². The predicted molar refractivity (Wildman–Crippen MR) is 112 cm³/mol. The van der Waals surface area contributed by atoms with E-state index in [1.165, 1.54) is 0 Å².